The predicted octanol–water partition coefficient (Wildman–Crippen LogP) is 5.21. The Balaban J connectivity index is 1.50. The van der Waals surface area contributed by atoms with E-state index in [2.05, 4.69) is 11.0 Å². The van der Waals surface area contributed by atoms with Crippen LogP contribution in [0.15, 0.2) is 42.5 Å². The molecule has 0 aliphatic carbocycles. The number of hydrogen-bond acceptors (Lipinski definition) is 4. The van der Waals surface area contributed by atoms with E-state index < -0.39 is 0 Å². The molecule has 2 aromatic carbocycles. The highest BCUT2D eigenvalue weighted by Crippen LogP contribution is 2.36. The van der Waals surface area contributed by atoms with E-state index in [0.717, 1.165) is 53.8 Å². The van der Waals surface area contributed by atoms with Gasteiger partial charge in [0.25, 0.3) is 0 Å². The van der Waals surface area contributed by atoms with E-state index in [1.54, 1.807) is 0 Å². The minimum Gasteiger partial charge on any atom is -0.493 e. The second-order valence-electron chi connectivity index (χ2n) is 9.31. The first-order valence-corrected chi connectivity index (χ1v) is 12.4. The Morgan fingerprint density at radius 2 is 1.94 bits per heavy atom. The molecule has 1 amide bonds. The largest absolute Gasteiger partial charge is 0.493 e. The molecule has 178 valence electrons. The summed E-state index contributed by atoms with van der Waals surface area (Å²) in [6, 6.07) is 13.7. The van der Waals surface area contributed by atoms with Crippen LogP contribution in [0.4, 0.5) is 0 Å². The van der Waals surface area contributed by atoms with Gasteiger partial charge in [-0.25, -0.2) is 0 Å². The third-order valence-corrected chi connectivity index (χ3v) is 7.26. The molecule has 2 aliphatic heterocycles. The summed E-state index contributed by atoms with van der Waals surface area (Å²) in [7, 11) is 0. The van der Waals surface area contributed by atoms with Crippen LogP contribution in [-0.2, 0) is 16.1 Å². The standard InChI is InChI=1S/C26H32Cl2N2O3/c1-20-14-23(6-7-24(20)28)33-19-26(16-25(31)30-10-12-32-13-11-30)8-3-9-29(18-26)17-21-4-2-5-22(27)15-21/h2,4-7,14-15H,3,8-13,16-19H2,1H3. The second kappa shape index (κ2) is 11.1. The zero-order chi connectivity index (χ0) is 23.3. The molecule has 0 saturated carbocycles. The van der Waals surface area contributed by atoms with Crippen molar-refractivity contribution in [3.63, 3.8) is 0 Å². The molecule has 1 unspecified atom stereocenters. The van der Waals surface area contributed by atoms with Crippen molar-refractivity contribution in [1.82, 2.24) is 9.80 Å². The van der Waals surface area contributed by atoms with Crippen LogP contribution in [-0.4, -0.2) is 61.7 Å². The number of morpholine rings is 1. The van der Waals surface area contributed by atoms with Gasteiger partial charge in [0.1, 0.15) is 5.75 Å². The molecule has 2 fully saturated rings. The fraction of sp³-hybridized carbons (Fsp3) is 0.500. The van der Waals surface area contributed by atoms with Crippen LogP contribution in [0, 0.1) is 12.3 Å². The maximum Gasteiger partial charge on any atom is 0.223 e. The number of carbonyl (C=O) groups is 1. The summed E-state index contributed by atoms with van der Waals surface area (Å²) >= 11 is 12.4. The number of ether oxygens (including phenoxy) is 2. The van der Waals surface area contributed by atoms with Crippen LogP contribution < -0.4 is 4.74 Å². The van der Waals surface area contributed by atoms with Crippen molar-refractivity contribution in [2.45, 2.75) is 32.7 Å². The third kappa shape index (κ3) is 6.63. The number of halogens is 2. The van der Waals surface area contributed by atoms with Gasteiger partial charge in [0.2, 0.25) is 5.91 Å². The summed E-state index contributed by atoms with van der Waals surface area (Å²) in [5.41, 5.74) is 1.92. The molecule has 0 bridgehead atoms. The van der Waals surface area contributed by atoms with E-state index in [1.807, 2.05) is 48.2 Å². The monoisotopic (exact) mass is 490 g/mol. The molecule has 33 heavy (non-hydrogen) atoms. The topological polar surface area (TPSA) is 42.0 Å². The number of piperidine rings is 1. The van der Waals surface area contributed by atoms with Gasteiger partial charge in [0.15, 0.2) is 0 Å². The van der Waals surface area contributed by atoms with Crippen molar-refractivity contribution in [2.24, 2.45) is 5.41 Å². The Kier molecular flexibility index (Phi) is 8.18. The van der Waals surface area contributed by atoms with E-state index in [-0.39, 0.29) is 11.3 Å². The number of benzene rings is 2. The lowest BCUT2D eigenvalue weighted by molar-refractivity contribution is -0.139. The van der Waals surface area contributed by atoms with Gasteiger partial charge in [0, 0.05) is 48.1 Å². The maximum atomic E-state index is 13.3. The highest BCUT2D eigenvalue weighted by Gasteiger charge is 2.39. The molecule has 2 heterocycles. The fourth-order valence-electron chi connectivity index (χ4n) is 4.84. The molecule has 2 aliphatic rings. The zero-order valence-corrected chi connectivity index (χ0v) is 20.7. The molecule has 0 spiro atoms. The Hall–Kier alpha value is -1.79. The molecular weight excluding hydrogens is 459 g/mol. The van der Waals surface area contributed by atoms with E-state index in [4.69, 9.17) is 32.7 Å². The number of rotatable bonds is 7. The number of amides is 1. The van der Waals surface area contributed by atoms with Crippen LogP contribution >= 0.6 is 23.2 Å². The first-order valence-electron chi connectivity index (χ1n) is 11.6. The van der Waals surface area contributed by atoms with Crippen LogP contribution in [0.25, 0.3) is 0 Å². The highest BCUT2D eigenvalue weighted by atomic mass is 35.5. The highest BCUT2D eigenvalue weighted by molar-refractivity contribution is 6.31. The fourth-order valence-corrected chi connectivity index (χ4v) is 5.17. The van der Waals surface area contributed by atoms with E-state index >= 15 is 0 Å². The van der Waals surface area contributed by atoms with Crippen molar-refractivity contribution in [3.05, 3.63) is 63.6 Å². The molecule has 1 atom stereocenters. The maximum absolute atomic E-state index is 13.3. The van der Waals surface area contributed by atoms with E-state index in [1.165, 1.54) is 5.56 Å². The molecule has 2 saturated heterocycles. The molecule has 4 rings (SSSR count). The summed E-state index contributed by atoms with van der Waals surface area (Å²) in [4.78, 5) is 17.6. The Morgan fingerprint density at radius 3 is 2.70 bits per heavy atom. The lowest BCUT2D eigenvalue weighted by Gasteiger charge is -2.43. The van der Waals surface area contributed by atoms with Crippen LogP contribution in [0.3, 0.4) is 0 Å². The van der Waals surface area contributed by atoms with Crippen molar-refractivity contribution >= 4 is 29.1 Å². The number of carbonyl (C=O) groups excluding carboxylic acids is 1. The lowest BCUT2D eigenvalue weighted by atomic mass is 9.77. The average Bonchev–Trinajstić information content (AvgIpc) is 2.81. The van der Waals surface area contributed by atoms with Gasteiger partial charge in [0.05, 0.1) is 19.8 Å². The third-order valence-electron chi connectivity index (χ3n) is 6.60. The normalized spacial score (nSPS) is 21.7. The summed E-state index contributed by atoms with van der Waals surface area (Å²) in [6.07, 6.45) is 2.47. The summed E-state index contributed by atoms with van der Waals surface area (Å²) in [5.74, 6) is 0.987. The Bertz CT molecular complexity index is 964. The molecule has 0 radical (unpaired) electrons. The second-order valence-corrected chi connectivity index (χ2v) is 10.2. The Morgan fingerprint density at radius 1 is 1.12 bits per heavy atom. The van der Waals surface area contributed by atoms with Crippen molar-refractivity contribution in [1.29, 1.82) is 0 Å². The molecule has 0 aromatic heterocycles. The quantitative estimate of drug-likeness (QED) is 0.533. The molecular formula is C26H32Cl2N2O3. The SMILES string of the molecule is Cc1cc(OCC2(CC(=O)N3CCOCC3)CCCN(Cc3cccc(Cl)c3)C2)ccc1Cl. The zero-order valence-electron chi connectivity index (χ0n) is 19.2. The minimum absolute atomic E-state index is 0.193. The predicted molar refractivity (Wildman–Crippen MR) is 132 cm³/mol. The number of aryl methyl sites for hydroxylation is 1. The number of likely N-dealkylation sites (tertiary alicyclic amines) is 1. The summed E-state index contributed by atoms with van der Waals surface area (Å²) < 4.78 is 11.7. The molecule has 0 N–H and O–H groups in total. The van der Waals surface area contributed by atoms with Gasteiger partial charge in [-0.15, -0.1) is 0 Å². The lowest BCUT2D eigenvalue weighted by Crippen LogP contribution is -2.50. The van der Waals surface area contributed by atoms with Crippen molar-refractivity contribution in [3.8, 4) is 5.75 Å². The molecule has 2 aromatic rings. The average molecular weight is 491 g/mol. The van der Waals surface area contributed by atoms with Gasteiger partial charge < -0.3 is 14.4 Å². The van der Waals surface area contributed by atoms with Crippen LogP contribution in [0.1, 0.15) is 30.4 Å². The first-order chi connectivity index (χ1) is 15.9. The molecule has 5 nitrogen and oxygen atoms in total. The summed E-state index contributed by atoms with van der Waals surface area (Å²) in [6.45, 7) is 7.64. The summed E-state index contributed by atoms with van der Waals surface area (Å²) in [5, 5.41) is 1.48. The molecule has 7 heteroatoms. The van der Waals surface area contributed by atoms with Gasteiger partial charge in [-0.1, -0.05) is 35.3 Å². The minimum atomic E-state index is -0.250. The van der Waals surface area contributed by atoms with Gasteiger partial charge in [-0.2, -0.15) is 0 Å². The van der Waals surface area contributed by atoms with Gasteiger partial charge >= 0.3 is 0 Å². The van der Waals surface area contributed by atoms with Gasteiger partial charge in [-0.3, -0.25) is 9.69 Å². The van der Waals surface area contributed by atoms with E-state index in [0.29, 0.717) is 39.3 Å². The van der Waals surface area contributed by atoms with Crippen molar-refractivity contribution in [2.75, 3.05) is 46.0 Å². The van der Waals surface area contributed by atoms with Crippen LogP contribution in [0.2, 0.25) is 10.0 Å². The Labute approximate surface area is 206 Å². The first kappa shape index (κ1) is 24.3. The smallest absolute Gasteiger partial charge is 0.223 e. The number of hydrogen-bond donors (Lipinski definition) is 0. The van der Waals surface area contributed by atoms with Gasteiger partial charge in [-0.05, 0) is 67.8 Å². The van der Waals surface area contributed by atoms with Crippen molar-refractivity contribution < 1.29 is 14.3 Å². The van der Waals surface area contributed by atoms with Crippen LogP contribution in [0.5, 0.6) is 5.75 Å². The number of nitrogens with zero attached hydrogens (tertiary/aromatic N) is 2. The van der Waals surface area contributed by atoms with E-state index in [9.17, 15) is 4.79 Å².